The Labute approximate surface area is 117 Å². The van der Waals surface area contributed by atoms with Crippen molar-refractivity contribution in [1.29, 1.82) is 0 Å². The van der Waals surface area contributed by atoms with Crippen LogP contribution in [0, 0.1) is 0 Å². The maximum Gasteiger partial charge on any atom is 0.111 e. The van der Waals surface area contributed by atoms with Crippen LogP contribution in [0.3, 0.4) is 0 Å². The van der Waals surface area contributed by atoms with Gasteiger partial charge in [0.25, 0.3) is 0 Å². The van der Waals surface area contributed by atoms with E-state index in [1.807, 2.05) is 17.8 Å². The SMILES string of the molecule is CCSCC(C)NC(C)c1nc2ccccc2s1. The monoisotopic (exact) mass is 280 g/mol. The summed E-state index contributed by atoms with van der Waals surface area (Å²) in [4.78, 5) is 4.70. The quantitative estimate of drug-likeness (QED) is 0.862. The third kappa shape index (κ3) is 3.46. The van der Waals surface area contributed by atoms with Gasteiger partial charge in [-0.1, -0.05) is 19.1 Å². The summed E-state index contributed by atoms with van der Waals surface area (Å²) in [6.45, 7) is 6.64. The van der Waals surface area contributed by atoms with Gasteiger partial charge in [0.15, 0.2) is 0 Å². The molecule has 2 atom stereocenters. The van der Waals surface area contributed by atoms with Gasteiger partial charge < -0.3 is 5.32 Å². The van der Waals surface area contributed by atoms with E-state index in [0.29, 0.717) is 12.1 Å². The van der Waals surface area contributed by atoms with Crippen LogP contribution in [0.4, 0.5) is 0 Å². The van der Waals surface area contributed by atoms with Crippen LogP contribution < -0.4 is 5.32 Å². The third-order valence-corrected chi connectivity index (χ3v) is 5.15. The summed E-state index contributed by atoms with van der Waals surface area (Å²) < 4.78 is 1.27. The molecule has 0 saturated carbocycles. The molecule has 2 rings (SSSR count). The van der Waals surface area contributed by atoms with Gasteiger partial charge in [0.1, 0.15) is 5.01 Å². The standard InChI is InChI=1S/C14H20N2S2/c1-4-17-9-10(2)15-11(3)14-16-12-7-5-6-8-13(12)18-14/h5-8,10-11,15H,4,9H2,1-3H3. The molecule has 0 amide bonds. The zero-order valence-electron chi connectivity index (χ0n) is 11.1. The number of rotatable bonds is 6. The number of hydrogen-bond donors (Lipinski definition) is 1. The molecular weight excluding hydrogens is 260 g/mol. The first-order chi connectivity index (χ1) is 8.70. The van der Waals surface area contributed by atoms with Gasteiger partial charge >= 0.3 is 0 Å². The molecule has 0 bridgehead atoms. The van der Waals surface area contributed by atoms with Crippen molar-refractivity contribution in [3.05, 3.63) is 29.3 Å². The zero-order valence-corrected chi connectivity index (χ0v) is 12.8. The van der Waals surface area contributed by atoms with Crippen molar-refractivity contribution < 1.29 is 0 Å². The number of fused-ring (bicyclic) bond motifs is 1. The summed E-state index contributed by atoms with van der Waals surface area (Å²) in [5, 5.41) is 4.80. The van der Waals surface area contributed by atoms with Crippen molar-refractivity contribution in [2.24, 2.45) is 0 Å². The molecular formula is C14H20N2S2. The number of thioether (sulfide) groups is 1. The summed E-state index contributed by atoms with van der Waals surface area (Å²) >= 11 is 3.77. The third-order valence-electron chi connectivity index (χ3n) is 2.79. The summed E-state index contributed by atoms with van der Waals surface area (Å²) in [6.07, 6.45) is 0. The average Bonchev–Trinajstić information content (AvgIpc) is 2.80. The minimum absolute atomic E-state index is 0.329. The first-order valence-electron chi connectivity index (χ1n) is 6.40. The van der Waals surface area contributed by atoms with E-state index in [0.717, 1.165) is 11.3 Å². The molecule has 0 aliphatic carbocycles. The van der Waals surface area contributed by atoms with Crippen LogP contribution >= 0.6 is 23.1 Å². The molecule has 0 fully saturated rings. The van der Waals surface area contributed by atoms with E-state index >= 15 is 0 Å². The average molecular weight is 280 g/mol. The number of hydrogen-bond acceptors (Lipinski definition) is 4. The fourth-order valence-corrected chi connectivity index (χ4v) is 3.58. The molecule has 2 unspecified atom stereocenters. The van der Waals surface area contributed by atoms with Crippen molar-refractivity contribution in [2.45, 2.75) is 32.9 Å². The number of nitrogens with zero attached hydrogens (tertiary/aromatic N) is 1. The molecule has 2 nitrogen and oxygen atoms in total. The van der Waals surface area contributed by atoms with E-state index in [4.69, 9.17) is 4.98 Å². The molecule has 98 valence electrons. The largest absolute Gasteiger partial charge is 0.305 e. The smallest absolute Gasteiger partial charge is 0.111 e. The Morgan fingerprint density at radius 3 is 2.83 bits per heavy atom. The van der Waals surface area contributed by atoms with Crippen LogP contribution in [0.5, 0.6) is 0 Å². The second-order valence-electron chi connectivity index (χ2n) is 4.47. The summed E-state index contributed by atoms with van der Waals surface area (Å²) in [5.41, 5.74) is 1.11. The number of benzene rings is 1. The van der Waals surface area contributed by atoms with Gasteiger partial charge in [-0.15, -0.1) is 11.3 Å². The Kier molecular flexibility index (Phi) is 5.03. The highest BCUT2D eigenvalue weighted by Crippen LogP contribution is 2.26. The number of nitrogens with one attached hydrogen (secondary N) is 1. The Bertz CT molecular complexity index is 462. The number of para-hydroxylation sites is 1. The van der Waals surface area contributed by atoms with Crippen molar-refractivity contribution in [3.8, 4) is 0 Å². The van der Waals surface area contributed by atoms with E-state index in [9.17, 15) is 0 Å². The Hall–Kier alpha value is -0.580. The van der Waals surface area contributed by atoms with E-state index in [1.54, 1.807) is 11.3 Å². The molecule has 0 saturated heterocycles. The van der Waals surface area contributed by atoms with Crippen molar-refractivity contribution in [3.63, 3.8) is 0 Å². The highest BCUT2D eigenvalue weighted by atomic mass is 32.2. The Morgan fingerprint density at radius 1 is 1.33 bits per heavy atom. The van der Waals surface area contributed by atoms with Gasteiger partial charge in [0.05, 0.1) is 16.3 Å². The fourth-order valence-electron chi connectivity index (χ4n) is 1.92. The van der Waals surface area contributed by atoms with Crippen molar-refractivity contribution in [2.75, 3.05) is 11.5 Å². The van der Waals surface area contributed by atoms with Gasteiger partial charge in [-0.3, -0.25) is 0 Å². The molecule has 0 aliphatic rings. The van der Waals surface area contributed by atoms with Crippen LogP contribution in [0.15, 0.2) is 24.3 Å². The van der Waals surface area contributed by atoms with Gasteiger partial charge in [0, 0.05) is 11.8 Å². The lowest BCUT2D eigenvalue weighted by Gasteiger charge is -2.17. The molecule has 0 spiro atoms. The summed E-state index contributed by atoms with van der Waals surface area (Å²) in [6, 6.07) is 9.19. The zero-order chi connectivity index (χ0) is 13.0. The lowest BCUT2D eigenvalue weighted by Crippen LogP contribution is -2.30. The number of thiazole rings is 1. The number of aromatic nitrogens is 1. The van der Waals surface area contributed by atoms with Crippen molar-refractivity contribution in [1.82, 2.24) is 10.3 Å². The molecule has 0 aliphatic heterocycles. The molecule has 18 heavy (non-hydrogen) atoms. The van der Waals surface area contributed by atoms with Crippen LogP contribution in [0.2, 0.25) is 0 Å². The highest BCUT2D eigenvalue weighted by Gasteiger charge is 2.13. The topological polar surface area (TPSA) is 24.9 Å². The first kappa shape index (κ1) is 13.8. The van der Waals surface area contributed by atoms with Crippen LogP contribution in [-0.2, 0) is 0 Å². The Morgan fingerprint density at radius 2 is 2.11 bits per heavy atom. The maximum atomic E-state index is 4.70. The molecule has 1 aromatic carbocycles. The van der Waals surface area contributed by atoms with Crippen LogP contribution in [0.25, 0.3) is 10.2 Å². The lowest BCUT2D eigenvalue weighted by atomic mass is 10.3. The van der Waals surface area contributed by atoms with Crippen molar-refractivity contribution >= 4 is 33.3 Å². The molecule has 0 radical (unpaired) electrons. The van der Waals surface area contributed by atoms with Gasteiger partial charge in [-0.2, -0.15) is 11.8 Å². The predicted molar refractivity (Wildman–Crippen MR) is 83.6 cm³/mol. The molecule has 1 aromatic heterocycles. The molecule has 1 N–H and O–H groups in total. The molecule has 4 heteroatoms. The summed E-state index contributed by atoms with van der Waals surface area (Å²) in [7, 11) is 0. The lowest BCUT2D eigenvalue weighted by molar-refractivity contribution is 0.510. The van der Waals surface area contributed by atoms with Gasteiger partial charge in [-0.25, -0.2) is 4.98 Å². The van der Waals surface area contributed by atoms with E-state index in [-0.39, 0.29) is 0 Å². The van der Waals surface area contributed by atoms with Crippen LogP contribution in [-0.4, -0.2) is 22.5 Å². The fraction of sp³-hybridized carbons (Fsp3) is 0.500. The molecule has 1 heterocycles. The van der Waals surface area contributed by atoms with Crippen LogP contribution in [0.1, 0.15) is 31.8 Å². The van der Waals surface area contributed by atoms with Gasteiger partial charge in [-0.05, 0) is 31.7 Å². The molecule has 2 aromatic rings. The second-order valence-corrected chi connectivity index (χ2v) is 6.85. The normalized spacial score (nSPS) is 14.8. The van der Waals surface area contributed by atoms with Gasteiger partial charge in [0.2, 0.25) is 0 Å². The highest BCUT2D eigenvalue weighted by molar-refractivity contribution is 7.99. The summed E-state index contributed by atoms with van der Waals surface area (Å²) in [5.74, 6) is 2.34. The minimum atomic E-state index is 0.329. The maximum absolute atomic E-state index is 4.70. The first-order valence-corrected chi connectivity index (χ1v) is 8.37. The van der Waals surface area contributed by atoms with E-state index in [1.165, 1.54) is 15.5 Å². The predicted octanol–water partition coefficient (Wildman–Crippen LogP) is 4.09. The second kappa shape index (κ2) is 6.55. The van der Waals surface area contributed by atoms with E-state index in [2.05, 4.69) is 44.3 Å². The Balaban J connectivity index is 2.01. The van der Waals surface area contributed by atoms with E-state index < -0.39 is 0 Å². The minimum Gasteiger partial charge on any atom is -0.305 e.